The third-order valence-corrected chi connectivity index (χ3v) is 1.63. The molecule has 5 nitrogen and oxygen atoms in total. The lowest BCUT2D eigenvalue weighted by Crippen LogP contribution is -2.31. The molecule has 17 heavy (non-hydrogen) atoms. The van der Waals surface area contributed by atoms with Crippen LogP contribution in [0.3, 0.4) is 0 Å². The van der Waals surface area contributed by atoms with Gasteiger partial charge in [-0.25, -0.2) is 9.78 Å². The first kappa shape index (κ1) is 12.9. The normalized spacial score (nSPS) is 11.1. The van der Waals surface area contributed by atoms with E-state index in [1.807, 2.05) is 0 Å². The minimum atomic E-state index is -5.25. The number of hydrogen-bond acceptors (Lipinski definition) is 3. The topological polar surface area (TPSA) is 79.3 Å². The molecule has 0 spiro atoms. The van der Waals surface area contributed by atoms with Crippen LogP contribution in [0.25, 0.3) is 0 Å². The zero-order valence-corrected chi connectivity index (χ0v) is 7.88. The quantitative estimate of drug-likeness (QED) is 0.616. The lowest BCUT2D eigenvalue weighted by atomic mass is 10.2. The summed E-state index contributed by atoms with van der Waals surface area (Å²) < 4.78 is 48.7. The van der Waals surface area contributed by atoms with Gasteiger partial charge in [0.25, 0.3) is 0 Å². The third-order valence-electron chi connectivity index (χ3n) is 1.63. The summed E-state index contributed by atoms with van der Waals surface area (Å²) in [5.41, 5.74) is -1.95. The van der Waals surface area contributed by atoms with Crippen LogP contribution < -0.4 is 5.32 Å². The van der Waals surface area contributed by atoms with Gasteiger partial charge in [0.05, 0.1) is 5.56 Å². The van der Waals surface area contributed by atoms with E-state index < -0.39 is 35.3 Å². The molecule has 0 radical (unpaired) electrons. The van der Waals surface area contributed by atoms with Gasteiger partial charge in [-0.05, 0) is 6.07 Å². The zero-order chi connectivity index (χ0) is 13.2. The first-order valence-corrected chi connectivity index (χ1v) is 3.99. The van der Waals surface area contributed by atoms with Crippen molar-refractivity contribution in [2.75, 3.05) is 5.32 Å². The van der Waals surface area contributed by atoms with Crippen LogP contribution in [0.15, 0.2) is 12.3 Å². The molecule has 0 aromatic carbocycles. The molecule has 0 saturated heterocycles. The third kappa shape index (κ3) is 2.89. The van der Waals surface area contributed by atoms with Gasteiger partial charge in [-0.3, -0.25) is 4.79 Å². The number of hydrogen-bond donors (Lipinski definition) is 2. The highest BCUT2D eigenvalue weighted by atomic mass is 19.4. The van der Waals surface area contributed by atoms with Crippen molar-refractivity contribution in [1.29, 1.82) is 0 Å². The van der Waals surface area contributed by atoms with Crippen molar-refractivity contribution in [2.45, 2.75) is 6.18 Å². The summed E-state index contributed by atoms with van der Waals surface area (Å²) in [5, 5.41) is 9.70. The van der Waals surface area contributed by atoms with E-state index in [4.69, 9.17) is 5.11 Å². The number of nitrogens with zero attached hydrogens (tertiary/aromatic N) is 1. The SMILES string of the molecule is O=C(O)c1ccnc(F)c1NC(=O)C(F)(F)F. The summed E-state index contributed by atoms with van der Waals surface area (Å²) in [7, 11) is 0. The lowest BCUT2D eigenvalue weighted by Gasteiger charge is -2.10. The van der Waals surface area contributed by atoms with Crippen LogP contribution in [0.5, 0.6) is 0 Å². The van der Waals surface area contributed by atoms with E-state index in [2.05, 4.69) is 4.98 Å². The molecule has 1 aromatic rings. The monoisotopic (exact) mass is 252 g/mol. The van der Waals surface area contributed by atoms with Gasteiger partial charge in [-0.2, -0.15) is 17.6 Å². The molecule has 0 fully saturated rings. The second-order valence-corrected chi connectivity index (χ2v) is 2.78. The predicted octanol–water partition coefficient (Wildman–Crippen LogP) is 1.42. The summed E-state index contributed by atoms with van der Waals surface area (Å²) in [6.07, 6.45) is -4.50. The Kier molecular flexibility index (Phi) is 3.30. The molecule has 2 N–H and O–H groups in total. The van der Waals surface area contributed by atoms with Gasteiger partial charge >= 0.3 is 18.1 Å². The Bertz CT molecular complexity index is 472. The second-order valence-electron chi connectivity index (χ2n) is 2.78. The van der Waals surface area contributed by atoms with Crippen molar-refractivity contribution in [3.05, 3.63) is 23.8 Å². The van der Waals surface area contributed by atoms with Crippen molar-refractivity contribution < 1.29 is 32.3 Å². The average molecular weight is 252 g/mol. The van der Waals surface area contributed by atoms with E-state index in [1.165, 1.54) is 0 Å². The Morgan fingerprint density at radius 1 is 1.35 bits per heavy atom. The lowest BCUT2D eigenvalue weighted by molar-refractivity contribution is -0.167. The molecule has 0 bridgehead atoms. The van der Waals surface area contributed by atoms with Gasteiger partial charge in [0, 0.05) is 6.20 Å². The summed E-state index contributed by atoms with van der Waals surface area (Å²) in [4.78, 5) is 24.1. The maximum Gasteiger partial charge on any atom is 0.471 e. The van der Waals surface area contributed by atoms with Crippen LogP contribution in [0, 0.1) is 5.95 Å². The Labute approximate surface area is 91.1 Å². The average Bonchev–Trinajstić information content (AvgIpc) is 2.18. The number of carboxylic acids is 1. The minimum Gasteiger partial charge on any atom is -0.478 e. The summed E-state index contributed by atoms with van der Waals surface area (Å²) in [5.74, 6) is -5.68. The molecule has 1 heterocycles. The molecule has 0 aliphatic rings. The highest BCUT2D eigenvalue weighted by Crippen LogP contribution is 2.22. The number of nitrogens with one attached hydrogen (secondary N) is 1. The fourth-order valence-corrected chi connectivity index (χ4v) is 0.918. The maximum atomic E-state index is 13.0. The van der Waals surface area contributed by atoms with Crippen LogP contribution in [0.4, 0.5) is 23.2 Å². The number of aromatic carboxylic acids is 1. The minimum absolute atomic E-state index is 0.752. The number of amides is 1. The highest BCUT2D eigenvalue weighted by molar-refractivity contribution is 6.02. The van der Waals surface area contributed by atoms with Crippen LogP contribution in [0.1, 0.15) is 10.4 Å². The van der Waals surface area contributed by atoms with E-state index in [1.54, 1.807) is 0 Å². The molecule has 1 amide bonds. The molecule has 92 valence electrons. The Hall–Kier alpha value is -2.19. The van der Waals surface area contributed by atoms with Gasteiger partial charge in [0.1, 0.15) is 5.69 Å². The highest BCUT2D eigenvalue weighted by Gasteiger charge is 2.39. The largest absolute Gasteiger partial charge is 0.478 e. The number of aromatic nitrogens is 1. The van der Waals surface area contributed by atoms with E-state index in [-0.39, 0.29) is 0 Å². The standard InChI is InChI=1S/C8H4F4N2O3/c9-5-4(14-7(17)8(10,11)12)3(6(15)16)1-2-13-5/h1-2H,(H,14,17)(H,15,16). The zero-order valence-electron chi connectivity index (χ0n) is 7.88. The fourth-order valence-electron chi connectivity index (χ4n) is 0.918. The maximum absolute atomic E-state index is 13.0. The predicted molar refractivity (Wildman–Crippen MR) is 45.8 cm³/mol. The van der Waals surface area contributed by atoms with Crippen molar-refractivity contribution in [3.8, 4) is 0 Å². The van der Waals surface area contributed by atoms with E-state index in [9.17, 15) is 27.2 Å². The molecule has 1 aromatic heterocycles. The molecular weight excluding hydrogens is 248 g/mol. The number of rotatable bonds is 2. The molecule has 9 heteroatoms. The van der Waals surface area contributed by atoms with Gasteiger partial charge < -0.3 is 10.4 Å². The number of carbonyl (C=O) groups excluding carboxylic acids is 1. The van der Waals surface area contributed by atoms with E-state index >= 15 is 0 Å². The molecule has 0 unspecified atom stereocenters. The van der Waals surface area contributed by atoms with Crippen LogP contribution in [-0.2, 0) is 4.79 Å². The number of pyridine rings is 1. The van der Waals surface area contributed by atoms with Crippen molar-refractivity contribution in [1.82, 2.24) is 4.98 Å². The van der Waals surface area contributed by atoms with Gasteiger partial charge in [0.2, 0.25) is 5.95 Å². The molecule has 0 saturated carbocycles. The molecule has 0 aliphatic heterocycles. The molecular formula is C8H4F4N2O3. The number of carbonyl (C=O) groups is 2. The molecule has 0 aliphatic carbocycles. The Morgan fingerprint density at radius 3 is 2.41 bits per heavy atom. The van der Waals surface area contributed by atoms with Crippen molar-refractivity contribution in [3.63, 3.8) is 0 Å². The first-order valence-electron chi connectivity index (χ1n) is 3.99. The second kappa shape index (κ2) is 4.36. The van der Waals surface area contributed by atoms with Gasteiger partial charge in [-0.1, -0.05) is 0 Å². The number of carboxylic acid groups (broad SMARTS) is 1. The number of alkyl halides is 3. The number of halogens is 4. The van der Waals surface area contributed by atoms with E-state index in [0.717, 1.165) is 17.6 Å². The molecule has 1 rings (SSSR count). The summed E-state index contributed by atoms with van der Waals surface area (Å²) in [6.45, 7) is 0. The number of anilines is 1. The van der Waals surface area contributed by atoms with Crippen LogP contribution >= 0.6 is 0 Å². The van der Waals surface area contributed by atoms with Crippen molar-refractivity contribution in [2.24, 2.45) is 0 Å². The smallest absolute Gasteiger partial charge is 0.471 e. The van der Waals surface area contributed by atoms with Gasteiger partial charge in [0.15, 0.2) is 0 Å². The van der Waals surface area contributed by atoms with E-state index in [0.29, 0.717) is 0 Å². The Morgan fingerprint density at radius 2 is 1.94 bits per heavy atom. The summed E-state index contributed by atoms with van der Waals surface area (Å²) >= 11 is 0. The van der Waals surface area contributed by atoms with Crippen LogP contribution in [-0.4, -0.2) is 28.1 Å². The fraction of sp³-hybridized carbons (Fsp3) is 0.125. The van der Waals surface area contributed by atoms with Crippen molar-refractivity contribution >= 4 is 17.6 Å². The Balaban J connectivity index is 3.14. The first-order chi connectivity index (χ1) is 7.73. The summed E-state index contributed by atoms with van der Waals surface area (Å²) in [6, 6.07) is 0.761. The van der Waals surface area contributed by atoms with Crippen LogP contribution in [0.2, 0.25) is 0 Å². The molecule has 0 atom stereocenters. The van der Waals surface area contributed by atoms with Gasteiger partial charge in [-0.15, -0.1) is 0 Å².